The average Bonchev–Trinajstić information content (AvgIpc) is 2.88. The minimum atomic E-state index is 0.438. The van der Waals surface area contributed by atoms with Gasteiger partial charge in [0.15, 0.2) is 5.84 Å². The minimum Gasteiger partial charge on any atom is -0.371 e. The van der Waals surface area contributed by atoms with E-state index in [0.29, 0.717) is 18.6 Å². The number of amidine groups is 1. The van der Waals surface area contributed by atoms with Crippen molar-refractivity contribution in [2.24, 2.45) is 11.0 Å². The molecule has 4 heteroatoms. The lowest BCUT2D eigenvalue weighted by atomic mass is 9.97. The van der Waals surface area contributed by atoms with Gasteiger partial charge in [-0.2, -0.15) is 5.10 Å². The fraction of sp³-hybridized carbons (Fsp3) is 0.611. The molecular formula is C18H27N3O. The van der Waals surface area contributed by atoms with Crippen molar-refractivity contribution < 1.29 is 4.74 Å². The maximum atomic E-state index is 5.78. The van der Waals surface area contributed by atoms with Crippen LogP contribution in [0.5, 0.6) is 0 Å². The first-order valence-corrected chi connectivity index (χ1v) is 8.28. The zero-order chi connectivity index (χ0) is 15.9. The lowest BCUT2D eigenvalue weighted by Crippen LogP contribution is -2.51. The normalized spacial score (nSPS) is 22.6. The molecule has 0 amide bonds. The minimum absolute atomic E-state index is 0.438. The van der Waals surface area contributed by atoms with Crippen molar-refractivity contribution in [3.63, 3.8) is 0 Å². The fourth-order valence-electron chi connectivity index (χ4n) is 3.67. The first kappa shape index (κ1) is 15.3. The number of hydrogen-bond donors (Lipinski definition) is 0. The quantitative estimate of drug-likeness (QED) is 0.856. The molecule has 3 rings (SSSR count). The first-order valence-electron chi connectivity index (χ1n) is 8.28. The second-order valence-electron chi connectivity index (χ2n) is 6.74. The van der Waals surface area contributed by atoms with Crippen molar-refractivity contribution in [1.82, 2.24) is 4.90 Å². The molecule has 1 aromatic carbocycles. The van der Waals surface area contributed by atoms with Crippen LogP contribution in [0.15, 0.2) is 17.2 Å². The van der Waals surface area contributed by atoms with E-state index in [1.165, 1.54) is 28.8 Å². The molecule has 1 unspecified atom stereocenters. The average molecular weight is 301 g/mol. The van der Waals surface area contributed by atoms with Crippen molar-refractivity contribution in [2.45, 2.75) is 47.1 Å². The van der Waals surface area contributed by atoms with Crippen molar-refractivity contribution in [2.75, 3.05) is 24.9 Å². The van der Waals surface area contributed by atoms with E-state index in [1.54, 1.807) is 0 Å². The van der Waals surface area contributed by atoms with Gasteiger partial charge in [0.25, 0.3) is 0 Å². The summed E-state index contributed by atoms with van der Waals surface area (Å²) in [5, 5.41) is 7.01. The first-order chi connectivity index (χ1) is 10.5. The third kappa shape index (κ3) is 2.60. The Morgan fingerprint density at radius 2 is 1.95 bits per heavy atom. The second kappa shape index (κ2) is 5.92. The fourth-order valence-corrected chi connectivity index (χ4v) is 3.67. The molecule has 1 aromatic rings. The Balaban J connectivity index is 1.89. The van der Waals surface area contributed by atoms with Crippen LogP contribution in [-0.2, 0) is 4.74 Å². The van der Waals surface area contributed by atoms with Gasteiger partial charge < -0.3 is 9.64 Å². The third-order valence-corrected chi connectivity index (χ3v) is 4.97. The van der Waals surface area contributed by atoms with E-state index in [1.807, 2.05) is 0 Å². The maximum absolute atomic E-state index is 5.78. The topological polar surface area (TPSA) is 28.1 Å². The number of morpholine rings is 1. The molecule has 2 atom stereocenters. The molecule has 0 bridgehead atoms. The molecule has 4 nitrogen and oxygen atoms in total. The summed E-state index contributed by atoms with van der Waals surface area (Å²) in [6.45, 7) is 13.3. The van der Waals surface area contributed by atoms with E-state index >= 15 is 0 Å². The summed E-state index contributed by atoms with van der Waals surface area (Å²) in [5.41, 5.74) is 5.14. The van der Waals surface area contributed by atoms with Gasteiger partial charge in [-0.1, -0.05) is 38.0 Å². The molecule has 2 heterocycles. The SMILES string of the molecule is CCC(C)[C@H]1COCC2=NN(c3c(C)cc(C)cc3C)CN21. The second-order valence-corrected chi connectivity index (χ2v) is 6.74. The van der Waals surface area contributed by atoms with E-state index in [-0.39, 0.29) is 0 Å². The number of rotatable bonds is 3. The summed E-state index contributed by atoms with van der Waals surface area (Å²) in [4.78, 5) is 2.44. The Labute approximate surface area is 133 Å². The summed E-state index contributed by atoms with van der Waals surface area (Å²) >= 11 is 0. The predicted molar refractivity (Wildman–Crippen MR) is 91.3 cm³/mol. The van der Waals surface area contributed by atoms with Gasteiger partial charge in [-0.05, 0) is 37.8 Å². The van der Waals surface area contributed by atoms with Gasteiger partial charge in [-0.25, -0.2) is 5.01 Å². The molecule has 0 N–H and O–H groups in total. The van der Waals surface area contributed by atoms with Crippen molar-refractivity contribution in [3.8, 4) is 0 Å². The number of nitrogens with zero attached hydrogens (tertiary/aromatic N) is 3. The Kier molecular flexibility index (Phi) is 4.13. The highest BCUT2D eigenvalue weighted by Crippen LogP contribution is 2.31. The van der Waals surface area contributed by atoms with E-state index in [9.17, 15) is 0 Å². The molecular weight excluding hydrogens is 274 g/mol. The lowest BCUT2D eigenvalue weighted by molar-refractivity contribution is 0.0517. The molecule has 0 aromatic heterocycles. The summed E-state index contributed by atoms with van der Waals surface area (Å²) in [5.74, 6) is 1.70. The van der Waals surface area contributed by atoms with Crippen LogP contribution in [0.25, 0.3) is 0 Å². The predicted octanol–water partition coefficient (Wildman–Crippen LogP) is 3.45. The Bertz CT molecular complexity index is 573. The molecule has 0 spiro atoms. The number of hydrazone groups is 1. The highest BCUT2D eigenvalue weighted by atomic mass is 16.5. The number of hydrogen-bond acceptors (Lipinski definition) is 4. The largest absolute Gasteiger partial charge is 0.371 e. The molecule has 2 aliphatic heterocycles. The molecule has 1 saturated heterocycles. The summed E-state index contributed by atoms with van der Waals surface area (Å²) in [7, 11) is 0. The van der Waals surface area contributed by atoms with Gasteiger partial charge in [-0.15, -0.1) is 0 Å². The standard InChI is InChI=1S/C18H27N3O/c1-6-13(3)16-9-22-10-17-19-21(11-20(16)17)18-14(4)7-12(2)8-15(18)5/h7-8,13,16H,6,9-11H2,1-5H3/t13?,16-/m1/s1. The van der Waals surface area contributed by atoms with E-state index < -0.39 is 0 Å². The van der Waals surface area contributed by atoms with Crippen LogP contribution in [0.2, 0.25) is 0 Å². The zero-order valence-electron chi connectivity index (χ0n) is 14.4. The van der Waals surface area contributed by atoms with Crippen LogP contribution >= 0.6 is 0 Å². The van der Waals surface area contributed by atoms with Crippen LogP contribution in [0.4, 0.5) is 5.69 Å². The van der Waals surface area contributed by atoms with Crippen LogP contribution in [0.3, 0.4) is 0 Å². The van der Waals surface area contributed by atoms with Gasteiger partial charge in [0.05, 0.1) is 18.3 Å². The number of benzene rings is 1. The third-order valence-electron chi connectivity index (χ3n) is 4.97. The lowest BCUT2D eigenvalue weighted by Gasteiger charge is -2.37. The number of fused-ring (bicyclic) bond motifs is 1. The Morgan fingerprint density at radius 3 is 2.59 bits per heavy atom. The molecule has 0 saturated carbocycles. The van der Waals surface area contributed by atoms with Gasteiger partial charge in [0, 0.05) is 0 Å². The van der Waals surface area contributed by atoms with Gasteiger partial charge in [0.1, 0.15) is 13.3 Å². The Hall–Kier alpha value is -1.55. The van der Waals surface area contributed by atoms with Gasteiger partial charge in [-0.3, -0.25) is 0 Å². The van der Waals surface area contributed by atoms with E-state index in [0.717, 1.165) is 19.1 Å². The molecule has 0 radical (unpaired) electrons. The van der Waals surface area contributed by atoms with Crippen molar-refractivity contribution in [3.05, 3.63) is 28.8 Å². The van der Waals surface area contributed by atoms with E-state index in [2.05, 4.69) is 56.7 Å². The Morgan fingerprint density at radius 1 is 1.27 bits per heavy atom. The molecule has 1 fully saturated rings. The molecule has 0 aliphatic carbocycles. The van der Waals surface area contributed by atoms with Crippen molar-refractivity contribution in [1.29, 1.82) is 0 Å². The van der Waals surface area contributed by atoms with E-state index in [4.69, 9.17) is 9.84 Å². The van der Waals surface area contributed by atoms with Gasteiger partial charge in [0.2, 0.25) is 0 Å². The number of aryl methyl sites for hydroxylation is 3. The van der Waals surface area contributed by atoms with Crippen molar-refractivity contribution >= 4 is 11.5 Å². The van der Waals surface area contributed by atoms with Crippen LogP contribution in [0, 0.1) is 26.7 Å². The zero-order valence-corrected chi connectivity index (χ0v) is 14.4. The van der Waals surface area contributed by atoms with Gasteiger partial charge >= 0.3 is 0 Å². The summed E-state index contributed by atoms with van der Waals surface area (Å²) in [6.07, 6.45) is 1.17. The molecule has 120 valence electrons. The molecule has 2 aliphatic rings. The number of anilines is 1. The molecule has 22 heavy (non-hydrogen) atoms. The van der Waals surface area contributed by atoms with Crippen LogP contribution in [0.1, 0.15) is 37.0 Å². The highest BCUT2D eigenvalue weighted by molar-refractivity contribution is 5.88. The van der Waals surface area contributed by atoms with Crippen LogP contribution < -0.4 is 5.01 Å². The smallest absolute Gasteiger partial charge is 0.153 e. The highest BCUT2D eigenvalue weighted by Gasteiger charge is 2.36. The maximum Gasteiger partial charge on any atom is 0.153 e. The summed E-state index contributed by atoms with van der Waals surface area (Å²) in [6, 6.07) is 4.92. The monoisotopic (exact) mass is 301 g/mol. The van der Waals surface area contributed by atoms with Crippen LogP contribution in [-0.4, -0.2) is 36.7 Å². The number of ether oxygens (including phenoxy) is 1. The summed E-state index contributed by atoms with van der Waals surface area (Å²) < 4.78 is 5.78.